The third kappa shape index (κ3) is 1.96. The lowest BCUT2D eigenvalue weighted by Gasteiger charge is -2.27. The largest absolute Gasteiger partial charge is 0.444 e. The minimum Gasteiger partial charge on any atom is -0.444 e. The van der Waals surface area contributed by atoms with Crippen molar-refractivity contribution in [1.29, 1.82) is 0 Å². The van der Waals surface area contributed by atoms with Crippen LogP contribution in [-0.2, 0) is 9.57 Å². The minimum absolute atomic E-state index is 0.0695. The second-order valence-electron chi connectivity index (χ2n) is 8.37. The van der Waals surface area contributed by atoms with Crippen LogP contribution in [0.2, 0.25) is 0 Å². The van der Waals surface area contributed by atoms with Crippen LogP contribution in [0.1, 0.15) is 47.0 Å². The van der Waals surface area contributed by atoms with E-state index in [0.29, 0.717) is 11.8 Å². The summed E-state index contributed by atoms with van der Waals surface area (Å²) >= 11 is 0. The van der Waals surface area contributed by atoms with Gasteiger partial charge < -0.3 is 14.5 Å². The number of oxime groups is 1. The summed E-state index contributed by atoms with van der Waals surface area (Å²) in [4.78, 5) is 19.6. The van der Waals surface area contributed by atoms with E-state index in [4.69, 9.17) is 9.57 Å². The number of amides is 1. The second kappa shape index (κ2) is 3.73. The van der Waals surface area contributed by atoms with E-state index in [1.165, 1.54) is 5.71 Å². The molecule has 2 aliphatic carbocycles. The number of carbonyl (C=O) groups is 1. The van der Waals surface area contributed by atoms with Gasteiger partial charge in [-0.1, -0.05) is 12.1 Å². The molecule has 2 saturated carbocycles. The molecule has 0 radical (unpaired) electrons. The number of carbonyl (C=O) groups excluding carboxylic acids is 1. The zero-order chi connectivity index (χ0) is 15.0. The fraction of sp³-hybridized carbons (Fsp3) is 0.875. The van der Waals surface area contributed by atoms with Gasteiger partial charge in [-0.15, -0.1) is 0 Å². The molecular weight excluding hydrogens is 268 g/mol. The highest BCUT2D eigenvalue weighted by molar-refractivity contribution is 5.95. The van der Waals surface area contributed by atoms with Gasteiger partial charge in [0.1, 0.15) is 11.2 Å². The van der Waals surface area contributed by atoms with Crippen molar-refractivity contribution in [2.75, 3.05) is 13.1 Å². The van der Waals surface area contributed by atoms with Crippen molar-refractivity contribution in [2.45, 2.75) is 58.2 Å². The van der Waals surface area contributed by atoms with Crippen LogP contribution in [0.4, 0.5) is 4.79 Å². The van der Waals surface area contributed by atoms with Crippen LogP contribution < -0.4 is 0 Å². The summed E-state index contributed by atoms with van der Waals surface area (Å²) < 4.78 is 5.46. The molecule has 2 unspecified atom stereocenters. The van der Waals surface area contributed by atoms with E-state index in [1.54, 1.807) is 0 Å². The zero-order valence-electron chi connectivity index (χ0n) is 13.3. The molecule has 0 bridgehead atoms. The summed E-state index contributed by atoms with van der Waals surface area (Å²) in [5, 5.41) is 4.38. The quantitative estimate of drug-likeness (QED) is 0.746. The molecule has 2 atom stereocenters. The van der Waals surface area contributed by atoms with Gasteiger partial charge in [0.25, 0.3) is 0 Å². The number of hydrogen-bond acceptors (Lipinski definition) is 4. The molecule has 1 saturated heterocycles. The lowest BCUT2D eigenvalue weighted by Crippen LogP contribution is -2.39. The lowest BCUT2D eigenvalue weighted by atomic mass is 9.91. The van der Waals surface area contributed by atoms with Gasteiger partial charge in [-0.3, -0.25) is 0 Å². The van der Waals surface area contributed by atoms with Gasteiger partial charge in [0.2, 0.25) is 0 Å². The van der Waals surface area contributed by atoms with Crippen molar-refractivity contribution in [3.05, 3.63) is 0 Å². The molecular formula is C16H24N2O3. The van der Waals surface area contributed by atoms with Crippen molar-refractivity contribution < 1.29 is 14.4 Å². The second-order valence-corrected chi connectivity index (χ2v) is 8.37. The molecule has 2 heterocycles. The molecule has 0 N–H and O–H groups in total. The number of rotatable bonds is 1. The normalized spacial score (nSPS) is 38.9. The third-order valence-electron chi connectivity index (χ3n) is 5.67. The molecule has 5 heteroatoms. The average molecular weight is 292 g/mol. The predicted molar refractivity (Wildman–Crippen MR) is 78.0 cm³/mol. The lowest BCUT2D eigenvalue weighted by molar-refractivity contribution is 0.0261. The molecule has 1 spiro atoms. The van der Waals surface area contributed by atoms with Gasteiger partial charge in [0, 0.05) is 24.9 Å². The number of fused-ring (bicyclic) bond motifs is 1. The molecule has 2 aliphatic heterocycles. The Bertz CT molecular complexity index is 518. The van der Waals surface area contributed by atoms with Crippen molar-refractivity contribution in [3.8, 4) is 0 Å². The van der Waals surface area contributed by atoms with Gasteiger partial charge in [0.15, 0.2) is 0 Å². The molecule has 0 aromatic carbocycles. The first-order valence-electron chi connectivity index (χ1n) is 7.97. The number of piperidine rings is 1. The Labute approximate surface area is 125 Å². The molecule has 3 fully saturated rings. The maximum Gasteiger partial charge on any atom is 0.410 e. The van der Waals surface area contributed by atoms with Crippen LogP contribution in [-0.4, -0.2) is 41.0 Å². The Morgan fingerprint density at radius 3 is 2.43 bits per heavy atom. The van der Waals surface area contributed by atoms with Crippen molar-refractivity contribution in [1.82, 2.24) is 4.90 Å². The van der Waals surface area contributed by atoms with E-state index in [-0.39, 0.29) is 17.1 Å². The summed E-state index contributed by atoms with van der Waals surface area (Å²) in [7, 11) is 0. The summed E-state index contributed by atoms with van der Waals surface area (Å²) in [6.45, 7) is 9.60. The predicted octanol–water partition coefficient (Wildman–Crippen LogP) is 2.80. The summed E-state index contributed by atoms with van der Waals surface area (Å²) in [6, 6.07) is 0. The van der Waals surface area contributed by atoms with E-state index in [1.807, 2.05) is 25.7 Å². The Hall–Kier alpha value is -1.26. The van der Waals surface area contributed by atoms with E-state index >= 15 is 0 Å². The average Bonchev–Trinajstić information content (AvgIpc) is 3.03. The summed E-state index contributed by atoms with van der Waals surface area (Å²) in [6.07, 6.45) is 3.12. The molecule has 5 nitrogen and oxygen atoms in total. The molecule has 0 aromatic heterocycles. The monoisotopic (exact) mass is 292 g/mol. The van der Waals surface area contributed by atoms with Crippen molar-refractivity contribution >= 4 is 11.8 Å². The molecule has 21 heavy (non-hydrogen) atoms. The van der Waals surface area contributed by atoms with Crippen molar-refractivity contribution in [2.24, 2.45) is 22.4 Å². The maximum atomic E-state index is 12.1. The van der Waals surface area contributed by atoms with E-state index in [0.717, 1.165) is 32.4 Å². The van der Waals surface area contributed by atoms with Crippen LogP contribution in [0.3, 0.4) is 0 Å². The molecule has 4 aliphatic rings. The minimum atomic E-state index is -0.422. The van der Waals surface area contributed by atoms with Crippen molar-refractivity contribution in [3.63, 3.8) is 0 Å². The highest BCUT2D eigenvalue weighted by Gasteiger charge is 2.70. The Morgan fingerprint density at radius 1 is 1.33 bits per heavy atom. The molecule has 116 valence electrons. The summed E-state index contributed by atoms with van der Waals surface area (Å²) in [5.41, 5.74) is 1.04. The third-order valence-corrected chi connectivity index (χ3v) is 5.67. The molecule has 0 aromatic rings. The highest BCUT2D eigenvalue weighted by Crippen LogP contribution is 2.66. The van der Waals surface area contributed by atoms with E-state index in [9.17, 15) is 4.79 Å². The fourth-order valence-corrected chi connectivity index (χ4v) is 4.00. The van der Waals surface area contributed by atoms with Crippen LogP contribution in [0.25, 0.3) is 0 Å². The van der Waals surface area contributed by atoms with Crippen LogP contribution >= 0.6 is 0 Å². The van der Waals surface area contributed by atoms with Crippen LogP contribution in [0, 0.1) is 17.3 Å². The smallest absolute Gasteiger partial charge is 0.410 e. The number of ether oxygens (including phenoxy) is 1. The maximum absolute atomic E-state index is 12.1. The standard InChI is InChI=1S/C16H24N2O3/c1-14(2,3)20-13(19)18-8-10-11(9-18)15(10,4)12-7-16(5-6-16)21-17-12/h10-11H,5-9H2,1-4H3. The topological polar surface area (TPSA) is 51.1 Å². The number of hydrogen-bond donors (Lipinski definition) is 0. The van der Waals surface area contributed by atoms with Gasteiger partial charge in [-0.2, -0.15) is 0 Å². The van der Waals surface area contributed by atoms with E-state index < -0.39 is 5.60 Å². The van der Waals surface area contributed by atoms with Crippen LogP contribution in [0.5, 0.6) is 0 Å². The SMILES string of the molecule is CC(C)(C)OC(=O)N1CC2C(C1)C2(C)C1=NOC2(CC2)C1. The molecule has 4 rings (SSSR count). The summed E-state index contributed by atoms with van der Waals surface area (Å²) in [5.74, 6) is 1.06. The molecule has 1 amide bonds. The first kappa shape index (κ1) is 13.4. The Morgan fingerprint density at radius 2 is 1.95 bits per heavy atom. The van der Waals surface area contributed by atoms with Crippen LogP contribution in [0.15, 0.2) is 5.16 Å². The first-order valence-corrected chi connectivity index (χ1v) is 7.97. The van der Waals surface area contributed by atoms with Gasteiger partial charge in [-0.05, 0) is 45.4 Å². The van der Waals surface area contributed by atoms with Gasteiger partial charge >= 0.3 is 6.09 Å². The number of nitrogens with zero attached hydrogens (tertiary/aromatic N) is 2. The highest BCUT2D eigenvalue weighted by atomic mass is 16.7. The first-order chi connectivity index (χ1) is 9.74. The fourth-order valence-electron chi connectivity index (χ4n) is 4.00. The number of likely N-dealkylation sites (tertiary alicyclic amines) is 1. The van der Waals surface area contributed by atoms with Gasteiger partial charge in [0.05, 0.1) is 5.71 Å². The van der Waals surface area contributed by atoms with E-state index in [2.05, 4.69) is 12.1 Å². The zero-order valence-corrected chi connectivity index (χ0v) is 13.3. The Kier molecular flexibility index (Phi) is 2.38. The Balaban J connectivity index is 1.38. The van der Waals surface area contributed by atoms with Gasteiger partial charge in [-0.25, -0.2) is 4.79 Å².